The molecule has 1 heterocycles. The van der Waals surface area contributed by atoms with Gasteiger partial charge in [0.1, 0.15) is 5.92 Å². The van der Waals surface area contributed by atoms with E-state index in [-0.39, 0.29) is 19.2 Å². The smallest absolute Gasteiger partial charge is 0.317 e. The Bertz CT molecular complexity index is 290. The van der Waals surface area contributed by atoms with Gasteiger partial charge in [-0.15, -0.1) is 0 Å². The number of ether oxygens (including phenoxy) is 1. The minimum atomic E-state index is -0.921. The molecule has 2 amide bonds. The predicted molar refractivity (Wildman–Crippen MR) is 66.4 cm³/mol. The Kier molecular flexibility index (Phi) is 5.91. The molecule has 2 atom stereocenters. The summed E-state index contributed by atoms with van der Waals surface area (Å²) in [6.45, 7) is 5.83. The van der Waals surface area contributed by atoms with Crippen molar-refractivity contribution in [1.29, 1.82) is 0 Å². The van der Waals surface area contributed by atoms with Crippen molar-refractivity contribution in [1.82, 2.24) is 10.2 Å². The van der Waals surface area contributed by atoms with Crippen LogP contribution < -0.4 is 5.32 Å². The van der Waals surface area contributed by atoms with E-state index in [1.807, 2.05) is 13.8 Å². The molecule has 1 saturated heterocycles. The zero-order chi connectivity index (χ0) is 13.5. The van der Waals surface area contributed by atoms with E-state index in [0.29, 0.717) is 13.1 Å². The second-order valence-electron chi connectivity index (χ2n) is 4.53. The minimum Gasteiger partial charge on any atom is -0.481 e. The van der Waals surface area contributed by atoms with Crippen LogP contribution in [0.1, 0.15) is 26.7 Å². The fraction of sp³-hybridized carbons (Fsp3) is 0.833. The van der Waals surface area contributed by atoms with Crippen LogP contribution in [0.25, 0.3) is 0 Å². The second-order valence-corrected chi connectivity index (χ2v) is 4.53. The number of nitrogens with zero attached hydrogens (tertiary/aromatic N) is 1. The van der Waals surface area contributed by atoms with Gasteiger partial charge in [-0.3, -0.25) is 4.79 Å². The van der Waals surface area contributed by atoms with Crippen LogP contribution in [0.4, 0.5) is 4.79 Å². The van der Waals surface area contributed by atoms with Gasteiger partial charge in [0.05, 0.1) is 19.3 Å². The van der Waals surface area contributed by atoms with E-state index in [0.717, 1.165) is 12.8 Å². The highest BCUT2D eigenvalue weighted by molar-refractivity contribution is 5.77. The van der Waals surface area contributed by atoms with Gasteiger partial charge in [-0.2, -0.15) is 0 Å². The van der Waals surface area contributed by atoms with Gasteiger partial charge >= 0.3 is 12.0 Å². The largest absolute Gasteiger partial charge is 0.481 e. The number of urea groups is 1. The summed E-state index contributed by atoms with van der Waals surface area (Å²) in [5, 5.41) is 11.8. The van der Waals surface area contributed by atoms with Crippen molar-refractivity contribution in [2.45, 2.75) is 32.7 Å². The van der Waals surface area contributed by atoms with Crippen molar-refractivity contribution in [3.05, 3.63) is 0 Å². The number of carbonyl (C=O) groups excluding carboxylic acids is 1. The van der Waals surface area contributed by atoms with Crippen LogP contribution in [0.2, 0.25) is 0 Å². The van der Waals surface area contributed by atoms with Crippen LogP contribution in [0.3, 0.4) is 0 Å². The maximum absolute atomic E-state index is 12.0. The van der Waals surface area contributed by atoms with Crippen LogP contribution in [-0.4, -0.2) is 54.4 Å². The van der Waals surface area contributed by atoms with Crippen molar-refractivity contribution in [3.8, 4) is 0 Å². The maximum atomic E-state index is 12.0. The van der Waals surface area contributed by atoms with Crippen LogP contribution in [0, 0.1) is 5.92 Å². The fourth-order valence-corrected chi connectivity index (χ4v) is 2.04. The van der Waals surface area contributed by atoms with Gasteiger partial charge < -0.3 is 20.1 Å². The number of carboxylic acids is 1. The highest BCUT2D eigenvalue weighted by Crippen LogP contribution is 2.14. The third-order valence-electron chi connectivity index (χ3n) is 2.98. The lowest BCUT2D eigenvalue weighted by Crippen LogP contribution is -2.49. The quantitative estimate of drug-likeness (QED) is 0.742. The highest BCUT2D eigenvalue weighted by atomic mass is 16.5. The molecule has 0 aliphatic carbocycles. The molecule has 1 aliphatic rings. The van der Waals surface area contributed by atoms with Crippen LogP contribution in [0.15, 0.2) is 0 Å². The number of hydrogen-bond donors (Lipinski definition) is 2. The van der Waals surface area contributed by atoms with Gasteiger partial charge in [-0.05, 0) is 12.8 Å². The van der Waals surface area contributed by atoms with Crippen molar-refractivity contribution in [2.75, 3.05) is 26.3 Å². The summed E-state index contributed by atoms with van der Waals surface area (Å²) in [4.78, 5) is 24.7. The molecule has 0 aromatic carbocycles. The molecule has 0 bridgehead atoms. The number of aliphatic carboxylic acids is 1. The minimum absolute atomic E-state index is 0.168. The number of nitrogens with one attached hydrogen (secondary N) is 1. The summed E-state index contributed by atoms with van der Waals surface area (Å²) >= 11 is 0. The summed E-state index contributed by atoms with van der Waals surface area (Å²) in [5.41, 5.74) is 0. The molecule has 18 heavy (non-hydrogen) atoms. The Morgan fingerprint density at radius 3 is 2.39 bits per heavy atom. The van der Waals surface area contributed by atoms with Crippen LogP contribution in [-0.2, 0) is 9.53 Å². The number of carboxylic acid groups (broad SMARTS) is 1. The topological polar surface area (TPSA) is 78.9 Å². The van der Waals surface area contributed by atoms with Gasteiger partial charge in [-0.1, -0.05) is 13.8 Å². The number of amides is 2. The molecule has 1 aliphatic heterocycles. The summed E-state index contributed by atoms with van der Waals surface area (Å²) in [6.07, 6.45) is 1.77. The Morgan fingerprint density at radius 1 is 1.28 bits per heavy atom. The first-order chi connectivity index (χ1) is 8.60. The zero-order valence-electron chi connectivity index (χ0n) is 11.0. The average Bonchev–Trinajstić information content (AvgIpc) is 2.77. The maximum Gasteiger partial charge on any atom is 0.317 e. The number of hydrogen-bond acceptors (Lipinski definition) is 3. The highest BCUT2D eigenvalue weighted by Gasteiger charge is 2.35. The molecule has 104 valence electrons. The van der Waals surface area contributed by atoms with E-state index in [9.17, 15) is 9.59 Å². The van der Waals surface area contributed by atoms with Gasteiger partial charge in [0.15, 0.2) is 0 Å². The zero-order valence-corrected chi connectivity index (χ0v) is 11.0. The second kappa shape index (κ2) is 7.20. The SMILES string of the molecule is CCCN(CCC)C(=O)NC1COCC1C(=O)O. The summed E-state index contributed by atoms with van der Waals surface area (Å²) in [7, 11) is 0. The molecule has 0 aromatic rings. The van der Waals surface area contributed by atoms with Crippen LogP contribution >= 0.6 is 0 Å². The van der Waals surface area contributed by atoms with Crippen molar-refractivity contribution in [2.24, 2.45) is 5.92 Å². The van der Waals surface area contributed by atoms with E-state index in [2.05, 4.69) is 5.32 Å². The van der Waals surface area contributed by atoms with E-state index in [1.54, 1.807) is 4.90 Å². The van der Waals surface area contributed by atoms with Gasteiger partial charge in [0, 0.05) is 13.1 Å². The lowest BCUT2D eigenvalue weighted by Gasteiger charge is -2.25. The Hall–Kier alpha value is -1.30. The standard InChI is InChI=1S/C12H22N2O4/c1-3-5-14(6-4-2)12(17)13-10-8-18-7-9(10)11(15)16/h9-10H,3-8H2,1-2H3,(H,13,17)(H,15,16). The molecule has 1 fully saturated rings. The summed E-state index contributed by atoms with van der Waals surface area (Å²) < 4.78 is 5.12. The fourth-order valence-electron chi connectivity index (χ4n) is 2.04. The van der Waals surface area contributed by atoms with E-state index in [1.165, 1.54) is 0 Å². The normalized spacial score (nSPS) is 22.8. The Balaban J connectivity index is 2.53. The number of carbonyl (C=O) groups is 2. The summed E-state index contributed by atoms with van der Waals surface area (Å²) in [6, 6.07) is -0.619. The molecule has 0 aromatic heterocycles. The molecule has 0 radical (unpaired) electrons. The molecule has 1 rings (SSSR count). The van der Waals surface area contributed by atoms with E-state index < -0.39 is 17.9 Å². The Labute approximate surface area is 107 Å². The first kappa shape index (κ1) is 14.8. The first-order valence-electron chi connectivity index (χ1n) is 6.46. The molecular formula is C12H22N2O4. The van der Waals surface area contributed by atoms with Gasteiger partial charge in [-0.25, -0.2) is 4.79 Å². The molecule has 2 unspecified atom stereocenters. The molecule has 2 N–H and O–H groups in total. The van der Waals surface area contributed by atoms with Crippen molar-refractivity contribution >= 4 is 12.0 Å². The lowest BCUT2D eigenvalue weighted by atomic mass is 10.0. The van der Waals surface area contributed by atoms with Gasteiger partial charge in [0.2, 0.25) is 0 Å². The van der Waals surface area contributed by atoms with Crippen LogP contribution in [0.5, 0.6) is 0 Å². The lowest BCUT2D eigenvalue weighted by molar-refractivity contribution is -0.142. The molecular weight excluding hydrogens is 236 g/mol. The molecule has 6 nitrogen and oxygen atoms in total. The Morgan fingerprint density at radius 2 is 1.89 bits per heavy atom. The van der Waals surface area contributed by atoms with Crippen molar-refractivity contribution < 1.29 is 19.4 Å². The van der Waals surface area contributed by atoms with Crippen molar-refractivity contribution in [3.63, 3.8) is 0 Å². The first-order valence-corrected chi connectivity index (χ1v) is 6.46. The van der Waals surface area contributed by atoms with E-state index >= 15 is 0 Å². The predicted octanol–water partition coefficient (Wildman–Crippen LogP) is 0.918. The third-order valence-corrected chi connectivity index (χ3v) is 2.98. The monoisotopic (exact) mass is 258 g/mol. The van der Waals surface area contributed by atoms with E-state index in [4.69, 9.17) is 9.84 Å². The molecule has 6 heteroatoms. The van der Waals surface area contributed by atoms with Gasteiger partial charge in [0.25, 0.3) is 0 Å². The summed E-state index contributed by atoms with van der Waals surface area (Å²) in [5.74, 6) is -1.56. The molecule has 0 spiro atoms. The molecule has 0 saturated carbocycles. The third kappa shape index (κ3) is 3.87. The number of rotatable bonds is 6. The average molecular weight is 258 g/mol.